The van der Waals surface area contributed by atoms with Crippen molar-refractivity contribution >= 4 is 29.0 Å². The van der Waals surface area contributed by atoms with E-state index in [2.05, 4.69) is 25.9 Å². The van der Waals surface area contributed by atoms with Crippen molar-refractivity contribution in [2.45, 2.75) is 13.1 Å². The summed E-state index contributed by atoms with van der Waals surface area (Å²) >= 11 is 0. The lowest BCUT2D eigenvalue weighted by Gasteiger charge is -2.24. The van der Waals surface area contributed by atoms with Crippen LogP contribution < -0.4 is 16.0 Å². The molecular formula is C17H14F3N7O2. The summed E-state index contributed by atoms with van der Waals surface area (Å²) in [6.45, 7) is 1.31. The normalized spacial score (nSPS) is 11.2. The number of hydrogen-bond donors (Lipinski definition) is 3. The lowest BCUT2D eigenvalue weighted by atomic mass is 10.1. The maximum absolute atomic E-state index is 13.1. The van der Waals surface area contributed by atoms with Crippen LogP contribution in [0.1, 0.15) is 12.5 Å². The van der Waals surface area contributed by atoms with Crippen LogP contribution in [0.5, 0.6) is 0 Å². The largest absolute Gasteiger partial charge is 0.416 e. The number of aromatic amines is 1. The van der Waals surface area contributed by atoms with E-state index in [1.165, 1.54) is 31.2 Å². The first-order valence-corrected chi connectivity index (χ1v) is 8.09. The average Bonchev–Trinajstić information content (AvgIpc) is 3.16. The molecule has 0 bridgehead atoms. The number of aromatic nitrogens is 4. The van der Waals surface area contributed by atoms with Crippen LogP contribution in [0.15, 0.2) is 42.5 Å². The Hall–Kier alpha value is -3.96. The molecular weight excluding hydrogens is 391 g/mol. The number of tetrazole rings is 1. The number of amides is 3. The Morgan fingerprint density at radius 2 is 1.93 bits per heavy atom. The first-order valence-electron chi connectivity index (χ1n) is 8.09. The first kappa shape index (κ1) is 19.8. The third-order valence-corrected chi connectivity index (χ3v) is 3.80. The Balaban J connectivity index is 2.18. The molecule has 0 fully saturated rings. The average molecular weight is 405 g/mol. The van der Waals surface area contributed by atoms with Gasteiger partial charge in [-0.3, -0.25) is 9.69 Å². The Kier molecular flexibility index (Phi) is 5.17. The van der Waals surface area contributed by atoms with Gasteiger partial charge in [-0.2, -0.15) is 18.4 Å². The number of primary amides is 1. The fourth-order valence-corrected chi connectivity index (χ4v) is 2.67. The van der Waals surface area contributed by atoms with Gasteiger partial charge in [0.05, 0.1) is 16.9 Å². The van der Waals surface area contributed by atoms with Crippen molar-refractivity contribution in [3.8, 4) is 11.4 Å². The number of benzene rings is 2. The molecule has 3 rings (SSSR count). The molecule has 3 aromatic rings. The van der Waals surface area contributed by atoms with Crippen molar-refractivity contribution < 1.29 is 22.8 Å². The number of anilines is 3. The van der Waals surface area contributed by atoms with Gasteiger partial charge in [-0.05, 0) is 41.6 Å². The van der Waals surface area contributed by atoms with E-state index in [1.807, 2.05) is 0 Å². The highest BCUT2D eigenvalue weighted by Gasteiger charge is 2.32. The van der Waals surface area contributed by atoms with Gasteiger partial charge >= 0.3 is 12.2 Å². The predicted octanol–water partition coefficient (Wildman–Crippen LogP) is 3.06. The number of nitrogens with zero attached hydrogens (tertiary/aromatic N) is 4. The fourth-order valence-electron chi connectivity index (χ4n) is 2.67. The van der Waals surface area contributed by atoms with Crippen LogP contribution in [0.4, 0.5) is 35.0 Å². The zero-order valence-corrected chi connectivity index (χ0v) is 14.9. The van der Waals surface area contributed by atoms with Crippen molar-refractivity contribution in [1.82, 2.24) is 20.6 Å². The number of carbonyl (C=O) groups is 2. The molecule has 0 saturated heterocycles. The van der Waals surface area contributed by atoms with E-state index in [-0.39, 0.29) is 28.7 Å². The summed E-state index contributed by atoms with van der Waals surface area (Å²) in [6, 6.07) is 7.43. The molecule has 9 nitrogen and oxygen atoms in total. The van der Waals surface area contributed by atoms with Crippen LogP contribution in [0, 0.1) is 0 Å². The minimum atomic E-state index is -4.61. The second-order valence-electron chi connectivity index (χ2n) is 5.87. The summed E-state index contributed by atoms with van der Waals surface area (Å²) in [5, 5.41) is 15.9. The molecule has 1 aromatic heterocycles. The van der Waals surface area contributed by atoms with Gasteiger partial charge in [-0.1, -0.05) is 6.07 Å². The smallest absolute Gasteiger partial charge is 0.351 e. The second-order valence-corrected chi connectivity index (χ2v) is 5.87. The molecule has 2 aromatic carbocycles. The molecule has 0 saturated carbocycles. The molecule has 0 aliphatic rings. The van der Waals surface area contributed by atoms with E-state index in [0.717, 1.165) is 23.1 Å². The van der Waals surface area contributed by atoms with Crippen molar-refractivity contribution in [3.63, 3.8) is 0 Å². The number of nitrogens with two attached hydrogens (primary N) is 1. The molecule has 0 aliphatic heterocycles. The highest BCUT2D eigenvalue weighted by atomic mass is 19.4. The summed E-state index contributed by atoms with van der Waals surface area (Å²) in [5.41, 5.74) is 5.09. The minimum absolute atomic E-state index is 0.0467. The Bertz CT molecular complexity index is 1050. The van der Waals surface area contributed by atoms with Crippen LogP contribution in [0.25, 0.3) is 11.4 Å². The molecule has 29 heavy (non-hydrogen) atoms. The lowest BCUT2D eigenvalue weighted by Crippen LogP contribution is -2.32. The highest BCUT2D eigenvalue weighted by Crippen LogP contribution is 2.38. The number of carbonyl (C=O) groups excluding carboxylic acids is 2. The molecule has 1 heterocycles. The molecule has 0 aliphatic carbocycles. The molecule has 12 heteroatoms. The van der Waals surface area contributed by atoms with Crippen molar-refractivity contribution in [2.75, 3.05) is 10.2 Å². The van der Waals surface area contributed by atoms with Gasteiger partial charge in [0.2, 0.25) is 11.7 Å². The fraction of sp³-hybridized carbons (Fsp3) is 0.118. The van der Waals surface area contributed by atoms with E-state index in [4.69, 9.17) is 5.73 Å². The van der Waals surface area contributed by atoms with E-state index < -0.39 is 17.8 Å². The third-order valence-electron chi connectivity index (χ3n) is 3.80. The number of hydrogen-bond acceptors (Lipinski definition) is 5. The van der Waals surface area contributed by atoms with Gasteiger partial charge < -0.3 is 11.1 Å². The maximum Gasteiger partial charge on any atom is 0.416 e. The number of rotatable bonds is 4. The second kappa shape index (κ2) is 7.58. The van der Waals surface area contributed by atoms with Crippen LogP contribution in [-0.2, 0) is 11.0 Å². The molecule has 3 amide bonds. The summed E-state index contributed by atoms with van der Waals surface area (Å²) in [7, 11) is 0. The van der Waals surface area contributed by atoms with E-state index in [1.54, 1.807) is 0 Å². The van der Waals surface area contributed by atoms with Gasteiger partial charge in [0.15, 0.2) is 0 Å². The Morgan fingerprint density at radius 1 is 1.17 bits per heavy atom. The zero-order valence-electron chi connectivity index (χ0n) is 14.9. The SMILES string of the molecule is CC(=O)Nc1ccc(N(C(N)=O)c2cccc(C(F)(F)F)c2)c(-c2nn[nH]n2)c1. The monoisotopic (exact) mass is 405 g/mol. The molecule has 4 N–H and O–H groups in total. The van der Waals surface area contributed by atoms with Gasteiger partial charge in [0, 0.05) is 18.2 Å². The number of halogens is 3. The predicted molar refractivity (Wildman–Crippen MR) is 97.1 cm³/mol. The van der Waals surface area contributed by atoms with Crippen LogP contribution >= 0.6 is 0 Å². The summed E-state index contributed by atoms with van der Waals surface area (Å²) in [5.74, 6) is -0.299. The molecule has 0 atom stereocenters. The number of H-pyrrole nitrogens is 1. The van der Waals surface area contributed by atoms with Gasteiger partial charge in [0.25, 0.3) is 0 Å². The van der Waals surface area contributed by atoms with Crippen LogP contribution in [0.3, 0.4) is 0 Å². The summed E-state index contributed by atoms with van der Waals surface area (Å²) in [6.07, 6.45) is -4.61. The third kappa shape index (κ3) is 4.31. The number of nitrogens with one attached hydrogen (secondary N) is 2. The quantitative estimate of drug-likeness (QED) is 0.614. The lowest BCUT2D eigenvalue weighted by molar-refractivity contribution is -0.137. The zero-order chi connectivity index (χ0) is 21.2. The van der Waals surface area contributed by atoms with Crippen molar-refractivity contribution in [1.29, 1.82) is 0 Å². The van der Waals surface area contributed by atoms with Crippen molar-refractivity contribution in [2.24, 2.45) is 5.73 Å². The van der Waals surface area contributed by atoms with Crippen LogP contribution in [0.2, 0.25) is 0 Å². The maximum atomic E-state index is 13.1. The molecule has 0 radical (unpaired) electrons. The van der Waals surface area contributed by atoms with E-state index >= 15 is 0 Å². The van der Waals surface area contributed by atoms with E-state index in [9.17, 15) is 22.8 Å². The van der Waals surface area contributed by atoms with Gasteiger partial charge in [0.1, 0.15) is 0 Å². The van der Waals surface area contributed by atoms with Crippen molar-refractivity contribution in [3.05, 3.63) is 48.0 Å². The molecule has 0 spiro atoms. The number of urea groups is 1. The first-order chi connectivity index (χ1) is 13.7. The minimum Gasteiger partial charge on any atom is -0.351 e. The van der Waals surface area contributed by atoms with Gasteiger partial charge in [-0.15, -0.1) is 10.2 Å². The highest BCUT2D eigenvalue weighted by molar-refractivity contribution is 6.03. The molecule has 0 unspecified atom stereocenters. The number of alkyl halides is 3. The molecule has 150 valence electrons. The van der Waals surface area contributed by atoms with Gasteiger partial charge in [-0.25, -0.2) is 4.79 Å². The topological polar surface area (TPSA) is 130 Å². The van der Waals surface area contributed by atoms with Crippen LogP contribution in [-0.4, -0.2) is 32.6 Å². The Labute approximate surface area is 161 Å². The summed E-state index contributed by atoms with van der Waals surface area (Å²) in [4.78, 5) is 24.4. The van der Waals surface area contributed by atoms with E-state index in [0.29, 0.717) is 5.69 Å². The summed E-state index contributed by atoms with van der Waals surface area (Å²) < 4.78 is 39.3. The Morgan fingerprint density at radius 3 is 2.52 bits per heavy atom. The standard InChI is InChI=1S/C17H14F3N7O2/c1-9(28)22-11-5-6-14(13(8-11)15-23-25-26-24-15)27(16(21)29)12-4-2-3-10(7-12)17(18,19)20/h2-8H,1H3,(H2,21,29)(H,22,28)(H,23,24,25,26).